The van der Waals surface area contributed by atoms with Crippen LogP contribution in [0.3, 0.4) is 0 Å². The highest BCUT2D eigenvalue weighted by atomic mass is 32.1. The Balaban J connectivity index is 1.62. The van der Waals surface area contributed by atoms with Gasteiger partial charge in [0.1, 0.15) is 17.4 Å². The molecule has 0 fully saturated rings. The average Bonchev–Trinajstić information content (AvgIpc) is 3.27. The molecule has 3 aromatic rings. The van der Waals surface area contributed by atoms with Gasteiger partial charge < -0.3 is 14.2 Å². The number of ether oxygens (including phenoxy) is 3. The van der Waals surface area contributed by atoms with Crippen LogP contribution in [0.5, 0.6) is 5.75 Å². The normalized spacial score (nSPS) is 12.4. The topological polar surface area (TPSA) is 57.7 Å². The van der Waals surface area contributed by atoms with E-state index in [1.165, 1.54) is 23.5 Å². The molecule has 2 aromatic carbocycles. The Morgan fingerprint density at radius 2 is 1.82 bits per heavy atom. The van der Waals surface area contributed by atoms with E-state index in [2.05, 4.69) is 4.98 Å². The summed E-state index contributed by atoms with van der Waals surface area (Å²) in [5.41, 5.74) is 2.44. The summed E-state index contributed by atoms with van der Waals surface area (Å²) in [6.45, 7) is 6.42. The first kappa shape index (κ1) is 25.7. The van der Waals surface area contributed by atoms with Gasteiger partial charge in [0.15, 0.2) is 6.10 Å². The van der Waals surface area contributed by atoms with Gasteiger partial charge in [-0.3, -0.25) is 0 Å². The van der Waals surface area contributed by atoms with E-state index in [9.17, 15) is 18.0 Å². The quantitative estimate of drug-likeness (QED) is 0.314. The van der Waals surface area contributed by atoms with E-state index in [1.807, 2.05) is 37.4 Å². The Labute approximate surface area is 200 Å². The van der Waals surface area contributed by atoms with Crippen LogP contribution >= 0.6 is 11.3 Å². The minimum absolute atomic E-state index is 0.224. The van der Waals surface area contributed by atoms with Gasteiger partial charge in [-0.2, -0.15) is 13.2 Å². The number of thiazole rings is 1. The minimum atomic E-state index is -4.36. The van der Waals surface area contributed by atoms with Crippen molar-refractivity contribution in [2.24, 2.45) is 0 Å². The highest BCUT2D eigenvalue weighted by Crippen LogP contribution is 2.32. The van der Waals surface area contributed by atoms with E-state index in [1.54, 1.807) is 6.92 Å². The molecule has 0 amide bonds. The molecule has 0 N–H and O–H groups in total. The molecule has 1 unspecified atom stereocenters. The molecule has 34 heavy (non-hydrogen) atoms. The number of carbonyl (C=O) groups excluding carboxylic acids is 1. The molecule has 0 radical (unpaired) electrons. The van der Waals surface area contributed by atoms with Gasteiger partial charge in [-0.15, -0.1) is 11.3 Å². The SMILES string of the molecule is CCOC(=O)C(Cc1ccc(OCc2csc(-c3ccc(C(F)(F)F)cc3)n2)c(C)c1)OCC. The van der Waals surface area contributed by atoms with Crippen LogP contribution in [0.1, 0.15) is 36.2 Å². The maximum absolute atomic E-state index is 12.8. The largest absolute Gasteiger partial charge is 0.487 e. The number of aryl methyl sites for hydroxylation is 1. The first-order chi connectivity index (χ1) is 16.2. The summed E-state index contributed by atoms with van der Waals surface area (Å²) in [6, 6.07) is 10.6. The molecule has 3 rings (SSSR count). The summed E-state index contributed by atoms with van der Waals surface area (Å²) < 4.78 is 54.8. The number of aromatic nitrogens is 1. The van der Waals surface area contributed by atoms with Crippen molar-refractivity contribution in [2.75, 3.05) is 13.2 Å². The number of esters is 1. The van der Waals surface area contributed by atoms with E-state index in [0.29, 0.717) is 41.6 Å². The van der Waals surface area contributed by atoms with Crippen LogP contribution in [-0.4, -0.2) is 30.3 Å². The van der Waals surface area contributed by atoms with Crippen molar-refractivity contribution in [3.8, 4) is 16.3 Å². The third-order valence-corrected chi connectivity index (χ3v) is 5.90. The number of hydrogen-bond donors (Lipinski definition) is 0. The maximum Gasteiger partial charge on any atom is 0.416 e. The third kappa shape index (κ3) is 6.80. The fraction of sp³-hybridized carbons (Fsp3) is 0.360. The van der Waals surface area contributed by atoms with Crippen LogP contribution in [0.15, 0.2) is 47.8 Å². The maximum atomic E-state index is 12.8. The van der Waals surface area contributed by atoms with Gasteiger partial charge in [-0.1, -0.05) is 24.3 Å². The molecule has 0 saturated heterocycles. The molecule has 0 aliphatic heterocycles. The molecule has 0 aliphatic rings. The second kappa shape index (κ2) is 11.5. The van der Waals surface area contributed by atoms with Crippen LogP contribution in [0.25, 0.3) is 10.6 Å². The molecule has 0 aliphatic carbocycles. The molecule has 1 heterocycles. The molecule has 9 heteroatoms. The first-order valence-electron chi connectivity index (χ1n) is 10.8. The van der Waals surface area contributed by atoms with Crippen LogP contribution in [0.4, 0.5) is 13.2 Å². The molecule has 5 nitrogen and oxygen atoms in total. The first-order valence-corrected chi connectivity index (χ1v) is 11.7. The van der Waals surface area contributed by atoms with Gasteiger partial charge in [0.05, 0.1) is 17.9 Å². The number of carbonyl (C=O) groups is 1. The fourth-order valence-electron chi connectivity index (χ4n) is 3.32. The lowest BCUT2D eigenvalue weighted by molar-refractivity contribution is -0.156. The van der Waals surface area contributed by atoms with Crippen molar-refractivity contribution in [2.45, 2.75) is 46.1 Å². The molecule has 1 atom stereocenters. The van der Waals surface area contributed by atoms with Crippen molar-refractivity contribution >= 4 is 17.3 Å². The number of nitrogens with zero attached hydrogens (tertiary/aromatic N) is 1. The number of hydrogen-bond acceptors (Lipinski definition) is 6. The van der Waals surface area contributed by atoms with Crippen molar-refractivity contribution in [1.29, 1.82) is 0 Å². The van der Waals surface area contributed by atoms with Crippen molar-refractivity contribution in [1.82, 2.24) is 4.98 Å². The zero-order valence-electron chi connectivity index (χ0n) is 19.1. The predicted molar refractivity (Wildman–Crippen MR) is 124 cm³/mol. The van der Waals surface area contributed by atoms with E-state index in [4.69, 9.17) is 14.2 Å². The van der Waals surface area contributed by atoms with Crippen molar-refractivity contribution < 1.29 is 32.2 Å². The lowest BCUT2D eigenvalue weighted by Gasteiger charge is -2.16. The van der Waals surface area contributed by atoms with Gasteiger partial charge >= 0.3 is 12.1 Å². The summed E-state index contributed by atoms with van der Waals surface area (Å²) in [6.07, 6.45) is -4.62. The molecule has 0 spiro atoms. The Morgan fingerprint density at radius 1 is 1.09 bits per heavy atom. The molecule has 182 valence electrons. The van der Waals surface area contributed by atoms with Gasteiger partial charge in [0.2, 0.25) is 0 Å². The molecule has 0 bridgehead atoms. The summed E-state index contributed by atoms with van der Waals surface area (Å²) in [4.78, 5) is 16.6. The van der Waals surface area contributed by atoms with E-state index in [0.717, 1.165) is 23.3 Å². The Morgan fingerprint density at radius 3 is 2.44 bits per heavy atom. The monoisotopic (exact) mass is 493 g/mol. The number of alkyl halides is 3. The van der Waals surface area contributed by atoms with Crippen LogP contribution in [0, 0.1) is 6.92 Å². The zero-order valence-corrected chi connectivity index (χ0v) is 20.0. The number of benzene rings is 2. The van der Waals surface area contributed by atoms with Gasteiger partial charge in [-0.05, 0) is 50.1 Å². The Bertz CT molecular complexity index is 1100. The minimum Gasteiger partial charge on any atom is -0.487 e. The molecule has 1 aromatic heterocycles. The van der Waals surface area contributed by atoms with Crippen LogP contribution < -0.4 is 4.74 Å². The highest BCUT2D eigenvalue weighted by Gasteiger charge is 2.30. The highest BCUT2D eigenvalue weighted by molar-refractivity contribution is 7.13. The summed E-state index contributed by atoms with van der Waals surface area (Å²) in [5, 5.41) is 2.45. The molecular formula is C25H26F3NO4S. The standard InChI is InChI=1S/C25H26F3NO4S/c1-4-31-22(24(30)32-5-2)13-17-6-11-21(16(3)12-17)33-14-20-15-34-23(29-20)18-7-9-19(10-8-18)25(26,27)28/h6-12,15,22H,4-5,13-14H2,1-3H3. The summed E-state index contributed by atoms with van der Waals surface area (Å²) >= 11 is 1.35. The van der Waals surface area contributed by atoms with Crippen LogP contribution in [-0.2, 0) is 33.5 Å². The second-order valence-corrected chi connectivity index (χ2v) is 8.37. The zero-order chi connectivity index (χ0) is 24.7. The molecule has 0 saturated carbocycles. The summed E-state index contributed by atoms with van der Waals surface area (Å²) in [7, 11) is 0. The summed E-state index contributed by atoms with van der Waals surface area (Å²) in [5.74, 6) is 0.298. The predicted octanol–water partition coefficient (Wildman–Crippen LogP) is 6.23. The van der Waals surface area contributed by atoms with Gasteiger partial charge in [0.25, 0.3) is 0 Å². The lowest BCUT2D eigenvalue weighted by Crippen LogP contribution is -2.29. The van der Waals surface area contributed by atoms with Gasteiger partial charge in [0, 0.05) is 24.0 Å². The van der Waals surface area contributed by atoms with Crippen molar-refractivity contribution in [3.63, 3.8) is 0 Å². The van der Waals surface area contributed by atoms with Crippen LogP contribution in [0.2, 0.25) is 0 Å². The smallest absolute Gasteiger partial charge is 0.416 e. The van der Waals surface area contributed by atoms with E-state index >= 15 is 0 Å². The average molecular weight is 494 g/mol. The Hall–Kier alpha value is -2.91. The number of rotatable bonds is 10. The Kier molecular flexibility index (Phi) is 8.68. The fourth-order valence-corrected chi connectivity index (χ4v) is 4.13. The number of halogens is 3. The third-order valence-electron chi connectivity index (χ3n) is 4.96. The second-order valence-electron chi connectivity index (χ2n) is 7.51. The van der Waals surface area contributed by atoms with E-state index < -0.39 is 17.8 Å². The van der Waals surface area contributed by atoms with Gasteiger partial charge in [-0.25, -0.2) is 9.78 Å². The van der Waals surface area contributed by atoms with E-state index in [-0.39, 0.29) is 12.6 Å². The van der Waals surface area contributed by atoms with Crippen molar-refractivity contribution in [3.05, 3.63) is 70.2 Å². The lowest BCUT2D eigenvalue weighted by atomic mass is 10.0. The molecular weight excluding hydrogens is 467 g/mol.